The smallest absolute Gasteiger partial charge is 0.398 e. The monoisotopic (exact) mass is 464 g/mol. The van der Waals surface area contributed by atoms with E-state index in [2.05, 4.69) is 0 Å². The van der Waals surface area contributed by atoms with Gasteiger partial charge in [-0.2, -0.15) is 61.5 Å². The zero-order valence-corrected chi connectivity index (χ0v) is 12.2. The van der Waals surface area contributed by atoms with Gasteiger partial charge in [-0.15, -0.1) is 0 Å². The minimum absolute atomic E-state index is 1.44. The van der Waals surface area contributed by atoms with Gasteiger partial charge in [-0.05, 0) is 0 Å². The van der Waals surface area contributed by atoms with Gasteiger partial charge in [-0.3, -0.25) is 9.29 Å². The molecule has 0 saturated carbocycles. The summed E-state index contributed by atoms with van der Waals surface area (Å²) < 4.78 is 197. The van der Waals surface area contributed by atoms with E-state index in [9.17, 15) is 61.5 Å². The average molecular weight is 464 g/mol. The van der Waals surface area contributed by atoms with E-state index < -0.39 is 53.5 Å². The fourth-order valence-electron chi connectivity index (χ4n) is 0.734. The molecule has 0 saturated heterocycles. The van der Waals surface area contributed by atoms with Crippen LogP contribution < -0.4 is 0 Å². The number of thiol groups is 1. The van der Waals surface area contributed by atoms with E-state index in [4.69, 9.17) is 13.0 Å². The van der Waals surface area contributed by atoms with Crippen molar-refractivity contribution in [3.8, 4) is 0 Å². The average Bonchev–Trinajstić information content (AvgIpc) is 2.33. The summed E-state index contributed by atoms with van der Waals surface area (Å²) in [4.78, 5) is 0. The van der Waals surface area contributed by atoms with Crippen LogP contribution in [0.5, 0.6) is 0 Å². The molecule has 1 N–H and O–H groups in total. The molecule has 1 atom stereocenters. The predicted molar refractivity (Wildman–Crippen MR) is 51.3 cm³/mol. The first-order chi connectivity index (χ1) is 11.5. The fourth-order valence-corrected chi connectivity index (χ4v) is 0.734. The van der Waals surface area contributed by atoms with Gasteiger partial charge in [0, 0.05) is 0 Å². The third kappa shape index (κ3) is 7.52. The normalized spacial score (nSPS) is 15.6. The van der Waals surface area contributed by atoms with Gasteiger partial charge < -0.3 is 4.74 Å². The van der Waals surface area contributed by atoms with E-state index in [1.54, 1.807) is 0 Å². The van der Waals surface area contributed by atoms with Crippen LogP contribution in [-0.4, -0.2) is 43.4 Å². The first kappa shape index (κ1) is 27.6. The molecule has 20 heteroatoms. The maximum absolute atomic E-state index is 13.1. The second-order valence-corrected chi connectivity index (χ2v) is 4.08. The molecule has 0 bridgehead atoms. The first-order valence-electron chi connectivity index (χ1n) is 5.03. The lowest BCUT2D eigenvalue weighted by atomic mass is 10.2. The molecule has 0 spiro atoms. The summed E-state index contributed by atoms with van der Waals surface area (Å²) in [5, 5.41) is 0. The van der Waals surface area contributed by atoms with Crippen molar-refractivity contribution in [2.45, 2.75) is 30.4 Å². The Hall–Kier alpha value is -1.57. The van der Waals surface area contributed by atoms with Crippen molar-refractivity contribution in [2.75, 3.05) is 0 Å². The van der Waals surface area contributed by atoms with Gasteiger partial charge in [-0.1, -0.05) is 0 Å². The van der Waals surface area contributed by atoms with Crippen LogP contribution in [0.3, 0.4) is 0 Å². The summed E-state index contributed by atoms with van der Waals surface area (Å²) >= 11 is 0. The SMILES string of the molecule is FC(F)=C(F)OC(F)(F)C(F)(OC(F)(F)C(F)(F)F)C(F)(F)F.O=[SH](=O)O. The fraction of sp³-hybridized carbons (Fsp3) is 0.714. The Kier molecular flexibility index (Phi) is 8.83. The molecule has 0 radical (unpaired) electrons. The Morgan fingerprint density at radius 1 is 0.704 bits per heavy atom. The maximum Gasteiger partial charge on any atom is 0.483 e. The van der Waals surface area contributed by atoms with E-state index in [1.807, 2.05) is 4.74 Å². The number of hydrogen-bond donors (Lipinski definition) is 2. The van der Waals surface area contributed by atoms with Crippen molar-refractivity contribution in [3.63, 3.8) is 0 Å². The lowest BCUT2D eigenvalue weighted by Gasteiger charge is -2.35. The molecule has 0 aliphatic carbocycles. The second-order valence-electron chi connectivity index (χ2n) is 3.60. The van der Waals surface area contributed by atoms with E-state index in [0.717, 1.165) is 0 Å². The molecular weight excluding hydrogens is 462 g/mol. The largest absolute Gasteiger partial charge is 0.483 e. The Morgan fingerprint density at radius 3 is 1.26 bits per heavy atom. The molecule has 164 valence electrons. The molecule has 0 heterocycles. The summed E-state index contributed by atoms with van der Waals surface area (Å²) in [5.74, 6) is -7.34. The number of rotatable bonds is 5. The van der Waals surface area contributed by atoms with Crippen LogP contribution >= 0.6 is 0 Å². The highest BCUT2D eigenvalue weighted by molar-refractivity contribution is 7.66. The van der Waals surface area contributed by atoms with Gasteiger partial charge in [-0.25, -0.2) is 8.42 Å². The van der Waals surface area contributed by atoms with Crippen molar-refractivity contribution >= 4 is 11.0 Å². The van der Waals surface area contributed by atoms with Gasteiger partial charge in [0.1, 0.15) is 0 Å². The van der Waals surface area contributed by atoms with Crippen molar-refractivity contribution in [1.29, 1.82) is 0 Å². The highest BCUT2D eigenvalue weighted by Crippen LogP contribution is 2.52. The molecule has 0 aromatic rings. The minimum atomic E-state index is -7.39. The van der Waals surface area contributed by atoms with Crippen LogP contribution in [0.2, 0.25) is 0 Å². The van der Waals surface area contributed by atoms with E-state index >= 15 is 0 Å². The summed E-state index contributed by atoms with van der Waals surface area (Å²) in [6, 6.07) is -3.87. The molecule has 0 aliphatic heterocycles. The van der Waals surface area contributed by atoms with Crippen LogP contribution in [0.4, 0.5) is 61.5 Å². The van der Waals surface area contributed by atoms with Gasteiger partial charge in [0.25, 0.3) is 11.0 Å². The number of halogens is 14. The van der Waals surface area contributed by atoms with Crippen molar-refractivity contribution in [1.82, 2.24) is 0 Å². The van der Waals surface area contributed by atoms with Crippen molar-refractivity contribution in [3.05, 3.63) is 12.1 Å². The molecule has 0 aromatic carbocycles. The Morgan fingerprint density at radius 2 is 1.04 bits per heavy atom. The second kappa shape index (κ2) is 8.63. The summed E-state index contributed by atoms with van der Waals surface area (Å²) in [6.07, 6.45) is -32.7. The zero-order chi connectivity index (χ0) is 22.6. The van der Waals surface area contributed by atoms with Crippen LogP contribution in [0.1, 0.15) is 0 Å². The third-order valence-electron chi connectivity index (χ3n) is 1.70. The first-order valence-corrected chi connectivity index (χ1v) is 6.16. The molecule has 0 amide bonds. The summed E-state index contributed by atoms with van der Waals surface area (Å²) in [7, 11) is -3.12. The van der Waals surface area contributed by atoms with Crippen molar-refractivity contribution < 1.29 is 83.9 Å². The Balaban J connectivity index is 0. The van der Waals surface area contributed by atoms with Gasteiger partial charge in [0.15, 0.2) is 0 Å². The predicted octanol–water partition coefficient (Wildman–Crippen LogP) is 4.10. The molecule has 0 aliphatic rings. The molecule has 1 unspecified atom stereocenters. The Bertz CT molecular complexity index is 594. The summed E-state index contributed by atoms with van der Waals surface area (Å²) in [5.41, 5.74) is 0. The molecule has 0 fully saturated rings. The van der Waals surface area contributed by atoms with Crippen LogP contribution in [0, 0.1) is 0 Å². The highest BCUT2D eigenvalue weighted by Gasteiger charge is 2.81. The highest BCUT2D eigenvalue weighted by atomic mass is 32.2. The summed E-state index contributed by atoms with van der Waals surface area (Å²) in [6.45, 7) is 0. The standard InChI is InChI=1S/C7F14O2.H2O3S/c8-1(9)2(10)22-6(18,19)3(11,4(12,13)14)23-7(20,21)5(15,16)17;1-4(2)3/h;4H,(H,1,2,3). The van der Waals surface area contributed by atoms with E-state index in [0.29, 0.717) is 0 Å². The van der Waals surface area contributed by atoms with E-state index in [-0.39, 0.29) is 0 Å². The van der Waals surface area contributed by atoms with Crippen molar-refractivity contribution in [2.24, 2.45) is 0 Å². The van der Waals surface area contributed by atoms with Crippen LogP contribution in [-0.2, 0) is 20.5 Å². The van der Waals surface area contributed by atoms with Gasteiger partial charge in [0.05, 0.1) is 0 Å². The Labute approximate surface area is 138 Å². The lowest BCUT2D eigenvalue weighted by molar-refractivity contribution is -0.526. The molecule has 0 rings (SSSR count). The minimum Gasteiger partial charge on any atom is -0.398 e. The van der Waals surface area contributed by atoms with E-state index in [1.165, 1.54) is 4.74 Å². The van der Waals surface area contributed by atoms with Crippen LogP contribution in [0.25, 0.3) is 0 Å². The lowest BCUT2D eigenvalue weighted by Crippen LogP contribution is -2.62. The maximum atomic E-state index is 13.1. The topological polar surface area (TPSA) is 72.8 Å². The molecule has 27 heavy (non-hydrogen) atoms. The number of ether oxygens (including phenoxy) is 2. The van der Waals surface area contributed by atoms with Gasteiger partial charge >= 0.3 is 42.5 Å². The zero-order valence-electron chi connectivity index (χ0n) is 11.3. The van der Waals surface area contributed by atoms with Crippen LogP contribution in [0.15, 0.2) is 12.1 Å². The van der Waals surface area contributed by atoms with Gasteiger partial charge in [0.2, 0.25) is 0 Å². The number of hydrogen-bond acceptors (Lipinski definition) is 4. The molecule has 5 nitrogen and oxygen atoms in total. The quantitative estimate of drug-likeness (QED) is 0.278. The molecule has 0 aromatic heterocycles. The third-order valence-corrected chi connectivity index (χ3v) is 1.70. The molecular formula is C7H2F14O5S. The number of alkyl halides is 11.